The first-order valence-corrected chi connectivity index (χ1v) is 14.6. The van der Waals surface area contributed by atoms with Gasteiger partial charge in [0, 0.05) is 18.1 Å². The van der Waals surface area contributed by atoms with E-state index in [-0.39, 0.29) is 0 Å². The zero-order valence-corrected chi connectivity index (χ0v) is 22.1. The number of thioether (sulfide) groups is 1. The molecule has 0 saturated heterocycles. The molecule has 1 heterocycles. The summed E-state index contributed by atoms with van der Waals surface area (Å²) in [6.07, 6.45) is 18.8. The summed E-state index contributed by atoms with van der Waals surface area (Å²) in [5, 5.41) is 9.14. The third-order valence-corrected chi connectivity index (χ3v) is 7.02. The molecular weight excluding hydrogens is 452 g/mol. The van der Waals surface area contributed by atoms with Gasteiger partial charge in [0.2, 0.25) is 5.89 Å². The van der Waals surface area contributed by atoms with Crippen molar-refractivity contribution in [2.75, 3.05) is 12.4 Å². The average molecular weight is 495 g/mol. The van der Waals surface area contributed by atoms with E-state index in [1.807, 2.05) is 24.3 Å². The Morgan fingerprint density at radius 1 is 0.788 bits per heavy atom. The van der Waals surface area contributed by atoms with E-state index < -0.39 is 0 Å². The molecule has 33 heavy (non-hydrogen) atoms. The molecule has 2 rings (SSSR count). The summed E-state index contributed by atoms with van der Waals surface area (Å²) >= 11 is 7.52. The highest BCUT2D eigenvalue weighted by Crippen LogP contribution is 2.20. The number of rotatable bonds is 21. The van der Waals surface area contributed by atoms with Gasteiger partial charge >= 0.3 is 0 Å². The molecule has 0 spiro atoms. The number of benzene rings is 1. The molecule has 1 aromatic heterocycles. The van der Waals surface area contributed by atoms with E-state index >= 15 is 0 Å². The average Bonchev–Trinajstić information content (AvgIpc) is 3.30. The first kappa shape index (κ1) is 28.0. The fourth-order valence-electron chi connectivity index (χ4n) is 3.74. The number of hydrogen-bond donors (Lipinski definition) is 0. The van der Waals surface area contributed by atoms with Crippen molar-refractivity contribution in [2.24, 2.45) is 0 Å². The number of nitrogens with zero attached hydrogens (tertiary/aromatic N) is 2. The van der Waals surface area contributed by atoms with Gasteiger partial charge in [-0.1, -0.05) is 101 Å². The highest BCUT2D eigenvalue weighted by molar-refractivity contribution is 7.99. The minimum absolute atomic E-state index is 0.552. The molecule has 1 aromatic carbocycles. The minimum Gasteiger partial charge on any atom is -0.494 e. The molecule has 0 aliphatic rings. The van der Waals surface area contributed by atoms with Gasteiger partial charge in [-0.05, 0) is 37.0 Å². The maximum Gasteiger partial charge on any atom is 0.276 e. The lowest BCUT2D eigenvalue weighted by atomic mass is 10.1. The van der Waals surface area contributed by atoms with Crippen LogP contribution in [0.5, 0.6) is 5.75 Å². The molecule has 0 amide bonds. The second kappa shape index (κ2) is 19.1. The summed E-state index contributed by atoms with van der Waals surface area (Å²) in [7, 11) is 0. The summed E-state index contributed by atoms with van der Waals surface area (Å²) in [6.45, 7) is 3.05. The fourth-order valence-corrected chi connectivity index (χ4v) is 4.70. The van der Waals surface area contributed by atoms with Crippen LogP contribution >= 0.6 is 23.4 Å². The Labute approximate surface area is 210 Å². The van der Waals surface area contributed by atoms with E-state index in [0.29, 0.717) is 5.88 Å². The molecule has 0 fully saturated rings. The summed E-state index contributed by atoms with van der Waals surface area (Å²) in [4.78, 5) is 0. The van der Waals surface area contributed by atoms with E-state index in [1.54, 1.807) is 11.8 Å². The zero-order valence-electron chi connectivity index (χ0n) is 20.5. The van der Waals surface area contributed by atoms with Crippen molar-refractivity contribution in [3.05, 3.63) is 35.7 Å². The Kier molecular flexibility index (Phi) is 16.3. The number of unbranched alkanes of at least 4 members (excludes halogenated alkanes) is 12. The number of ether oxygens (including phenoxy) is 1. The third-order valence-electron chi connectivity index (χ3n) is 5.80. The smallest absolute Gasteiger partial charge is 0.276 e. The van der Waals surface area contributed by atoms with Crippen molar-refractivity contribution in [2.45, 2.75) is 114 Å². The molecule has 0 radical (unpaired) electrons. The van der Waals surface area contributed by atoms with Crippen LogP contribution in [0.1, 0.15) is 108 Å². The summed E-state index contributed by atoms with van der Waals surface area (Å²) in [5.74, 6) is 3.38. The largest absolute Gasteiger partial charge is 0.494 e. The van der Waals surface area contributed by atoms with Crippen LogP contribution in [0.2, 0.25) is 0 Å². The third kappa shape index (κ3) is 13.9. The van der Waals surface area contributed by atoms with Gasteiger partial charge in [-0.25, -0.2) is 0 Å². The van der Waals surface area contributed by atoms with Crippen LogP contribution in [-0.4, -0.2) is 22.6 Å². The van der Waals surface area contributed by atoms with Crippen molar-refractivity contribution >= 4 is 23.4 Å². The van der Waals surface area contributed by atoms with Crippen LogP contribution in [0.15, 0.2) is 33.9 Å². The first-order valence-electron chi connectivity index (χ1n) is 13.0. The van der Waals surface area contributed by atoms with Crippen molar-refractivity contribution in [3.63, 3.8) is 0 Å². The second-order valence-corrected chi connectivity index (χ2v) is 10.1. The van der Waals surface area contributed by atoms with Crippen molar-refractivity contribution in [1.82, 2.24) is 10.2 Å². The highest BCUT2D eigenvalue weighted by Gasteiger charge is 2.06. The molecule has 4 nitrogen and oxygen atoms in total. The second-order valence-electron chi connectivity index (χ2n) is 8.78. The van der Waals surface area contributed by atoms with Crippen molar-refractivity contribution in [3.8, 4) is 5.75 Å². The maximum absolute atomic E-state index is 5.81. The van der Waals surface area contributed by atoms with Crippen LogP contribution < -0.4 is 4.74 Å². The molecule has 0 N–H and O–H groups in total. The number of alkyl halides is 1. The lowest BCUT2D eigenvalue weighted by Crippen LogP contribution is -1.97. The lowest BCUT2D eigenvalue weighted by Gasteiger charge is -2.06. The van der Waals surface area contributed by atoms with Crippen LogP contribution in [0.4, 0.5) is 0 Å². The van der Waals surface area contributed by atoms with E-state index in [9.17, 15) is 0 Å². The van der Waals surface area contributed by atoms with E-state index in [4.69, 9.17) is 20.8 Å². The van der Waals surface area contributed by atoms with Crippen molar-refractivity contribution < 1.29 is 9.15 Å². The molecule has 0 unspecified atom stereocenters. The Hall–Kier alpha value is -1.20. The standard InChI is InChI=1S/C27H43ClN2O2S/c1-2-3-4-5-12-15-22-33-27-30-29-26(32-27)16-13-10-8-6-7-9-11-14-21-31-25-19-17-24(23-28)18-20-25/h17-20H,2-16,21-23H2,1H3. The van der Waals surface area contributed by atoms with Gasteiger partial charge in [-0.2, -0.15) is 0 Å². The topological polar surface area (TPSA) is 48.2 Å². The molecule has 186 valence electrons. The Morgan fingerprint density at radius 3 is 2.12 bits per heavy atom. The predicted molar refractivity (Wildman–Crippen MR) is 141 cm³/mol. The molecule has 0 aliphatic carbocycles. The summed E-state index contributed by atoms with van der Waals surface area (Å²) in [5.41, 5.74) is 1.13. The zero-order chi connectivity index (χ0) is 23.4. The molecule has 6 heteroatoms. The fraction of sp³-hybridized carbons (Fsp3) is 0.704. The van der Waals surface area contributed by atoms with Gasteiger partial charge in [-0.3, -0.25) is 0 Å². The van der Waals surface area contributed by atoms with Crippen LogP contribution in [0.3, 0.4) is 0 Å². The van der Waals surface area contributed by atoms with Crippen LogP contribution in [-0.2, 0) is 12.3 Å². The summed E-state index contributed by atoms with van der Waals surface area (Å²) < 4.78 is 11.6. The number of halogens is 1. The number of hydrogen-bond acceptors (Lipinski definition) is 5. The monoisotopic (exact) mass is 494 g/mol. The van der Waals surface area contributed by atoms with Gasteiger partial charge in [0.1, 0.15) is 5.75 Å². The van der Waals surface area contributed by atoms with E-state index in [1.165, 1.54) is 77.0 Å². The SMILES string of the molecule is CCCCCCCCSc1nnc(CCCCCCCCCCOc2ccc(CCl)cc2)o1. The molecule has 0 bridgehead atoms. The molecular formula is C27H43ClN2O2S. The minimum atomic E-state index is 0.552. The van der Waals surface area contributed by atoms with E-state index in [0.717, 1.165) is 54.0 Å². The number of aryl methyl sites for hydroxylation is 1. The van der Waals surface area contributed by atoms with Gasteiger partial charge in [0.05, 0.1) is 6.61 Å². The van der Waals surface area contributed by atoms with Gasteiger partial charge < -0.3 is 9.15 Å². The predicted octanol–water partition coefficient (Wildman–Crippen LogP) is 9.00. The van der Waals surface area contributed by atoms with Crippen LogP contribution in [0.25, 0.3) is 0 Å². The lowest BCUT2D eigenvalue weighted by molar-refractivity contribution is 0.304. The quantitative estimate of drug-likeness (QED) is 0.0983. The highest BCUT2D eigenvalue weighted by atomic mass is 35.5. The maximum atomic E-state index is 5.81. The van der Waals surface area contributed by atoms with Gasteiger partial charge in [0.25, 0.3) is 5.22 Å². The summed E-state index contributed by atoms with van der Waals surface area (Å²) in [6, 6.07) is 8.05. The van der Waals surface area contributed by atoms with Crippen molar-refractivity contribution in [1.29, 1.82) is 0 Å². The van der Waals surface area contributed by atoms with E-state index in [2.05, 4.69) is 17.1 Å². The first-order chi connectivity index (χ1) is 16.3. The molecule has 0 aliphatic heterocycles. The van der Waals surface area contributed by atoms with Gasteiger partial charge in [0.15, 0.2) is 0 Å². The Bertz CT molecular complexity index is 708. The molecule has 0 atom stereocenters. The molecule has 2 aromatic rings. The Morgan fingerprint density at radius 2 is 1.42 bits per heavy atom. The van der Waals surface area contributed by atoms with Gasteiger partial charge in [-0.15, -0.1) is 21.8 Å². The van der Waals surface area contributed by atoms with Crippen LogP contribution in [0, 0.1) is 0 Å². The normalized spacial score (nSPS) is 11.2. The molecule has 0 saturated carbocycles. The Balaban J connectivity index is 1.36. The number of aromatic nitrogens is 2.